The summed E-state index contributed by atoms with van der Waals surface area (Å²) >= 11 is 0. The molecule has 0 radical (unpaired) electrons. The summed E-state index contributed by atoms with van der Waals surface area (Å²) in [6.07, 6.45) is 5.26. The molecule has 21 heavy (non-hydrogen) atoms. The van der Waals surface area contributed by atoms with E-state index in [1.54, 1.807) is 0 Å². The molecule has 2 rings (SSSR count). The highest BCUT2D eigenvalue weighted by Crippen LogP contribution is 2.23. The van der Waals surface area contributed by atoms with Crippen LogP contribution in [0.25, 0.3) is 0 Å². The van der Waals surface area contributed by atoms with Crippen LogP contribution in [0.15, 0.2) is 12.1 Å². The van der Waals surface area contributed by atoms with Gasteiger partial charge < -0.3 is 15.8 Å². The number of carbonyl (C=O) groups excluding carboxylic acids is 1. The third kappa shape index (κ3) is 4.39. The van der Waals surface area contributed by atoms with Crippen molar-refractivity contribution in [3.05, 3.63) is 29.3 Å². The molecule has 0 bridgehead atoms. The molecule has 1 aliphatic carbocycles. The second-order valence-electron chi connectivity index (χ2n) is 5.28. The van der Waals surface area contributed by atoms with Crippen molar-refractivity contribution in [1.29, 1.82) is 0 Å². The summed E-state index contributed by atoms with van der Waals surface area (Å²) in [5, 5.41) is 2.82. The number of ether oxygens (including phenoxy) is 1. The predicted octanol–water partition coefficient (Wildman–Crippen LogP) is 2.25. The fraction of sp³-hybridized carbons (Fsp3) is 0.533. The molecule has 0 spiro atoms. The lowest BCUT2D eigenvalue weighted by Crippen LogP contribution is -2.39. The molecule has 6 heteroatoms. The third-order valence-electron chi connectivity index (χ3n) is 3.61. The summed E-state index contributed by atoms with van der Waals surface area (Å²) in [7, 11) is 0. The third-order valence-corrected chi connectivity index (χ3v) is 3.61. The van der Waals surface area contributed by atoms with E-state index < -0.39 is 24.0 Å². The minimum Gasteiger partial charge on any atom is -0.478 e. The number of hydrogen-bond acceptors (Lipinski definition) is 3. The maximum Gasteiger partial charge on any atom is 0.258 e. The van der Waals surface area contributed by atoms with Crippen LogP contribution in [0, 0.1) is 11.6 Å². The predicted molar refractivity (Wildman–Crippen MR) is 74.8 cm³/mol. The number of amides is 1. The second-order valence-corrected chi connectivity index (χ2v) is 5.28. The Kier molecular flexibility index (Phi) is 5.50. The van der Waals surface area contributed by atoms with Gasteiger partial charge in [-0.1, -0.05) is 19.3 Å². The number of rotatable bonds is 5. The number of hydrogen-bond donors (Lipinski definition) is 2. The van der Waals surface area contributed by atoms with E-state index in [0.29, 0.717) is 5.56 Å². The molecule has 4 nitrogen and oxygen atoms in total. The topological polar surface area (TPSA) is 64.3 Å². The lowest BCUT2D eigenvalue weighted by atomic mass is 9.95. The maximum absolute atomic E-state index is 13.7. The molecule has 1 aromatic rings. The quantitative estimate of drug-likeness (QED) is 0.876. The molecule has 1 aromatic carbocycles. The Morgan fingerprint density at radius 1 is 1.24 bits per heavy atom. The molecular weight excluding hydrogens is 278 g/mol. The number of halogens is 2. The van der Waals surface area contributed by atoms with Crippen LogP contribution in [-0.2, 0) is 11.3 Å². The van der Waals surface area contributed by atoms with E-state index in [0.717, 1.165) is 37.8 Å². The summed E-state index contributed by atoms with van der Waals surface area (Å²) in [5.41, 5.74) is 5.66. The smallest absolute Gasteiger partial charge is 0.258 e. The van der Waals surface area contributed by atoms with Crippen molar-refractivity contribution < 1.29 is 18.3 Å². The molecular formula is C15H20F2N2O2. The highest BCUT2D eigenvalue weighted by atomic mass is 19.1. The van der Waals surface area contributed by atoms with E-state index in [2.05, 4.69) is 5.32 Å². The van der Waals surface area contributed by atoms with Crippen molar-refractivity contribution >= 4 is 5.91 Å². The monoisotopic (exact) mass is 298 g/mol. The molecule has 116 valence electrons. The first kappa shape index (κ1) is 15.7. The maximum atomic E-state index is 13.7. The number of carbonyl (C=O) groups is 1. The Bertz CT molecular complexity index is 479. The van der Waals surface area contributed by atoms with Crippen molar-refractivity contribution in [2.45, 2.75) is 44.7 Å². The molecule has 0 saturated heterocycles. The first-order chi connectivity index (χ1) is 10.1. The van der Waals surface area contributed by atoms with Gasteiger partial charge in [-0.3, -0.25) is 4.79 Å². The zero-order valence-corrected chi connectivity index (χ0v) is 11.8. The van der Waals surface area contributed by atoms with Gasteiger partial charge in [0.2, 0.25) is 0 Å². The van der Waals surface area contributed by atoms with Crippen LogP contribution in [0.4, 0.5) is 8.78 Å². The van der Waals surface area contributed by atoms with Crippen LogP contribution in [0.2, 0.25) is 0 Å². The minimum absolute atomic E-state index is 0.0380. The van der Waals surface area contributed by atoms with Crippen LogP contribution in [0.5, 0.6) is 5.75 Å². The summed E-state index contributed by atoms with van der Waals surface area (Å²) in [5.74, 6) is -2.59. The van der Waals surface area contributed by atoms with Gasteiger partial charge in [-0.15, -0.1) is 0 Å². The molecule has 0 aliphatic heterocycles. The SMILES string of the molecule is NCc1cc(F)c(OCC(=O)NC2CCCCC2)c(F)c1. The van der Waals surface area contributed by atoms with Gasteiger partial charge in [0.15, 0.2) is 24.0 Å². The molecule has 1 saturated carbocycles. The molecule has 0 heterocycles. The van der Waals surface area contributed by atoms with E-state index >= 15 is 0 Å². The first-order valence-corrected chi connectivity index (χ1v) is 7.20. The van der Waals surface area contributed by atoms with Gasteiger partial charge in [0, 0.05) is 12.6 Å². The molecule has 0 unspecified atom stereocenters. The fourth-order valence-electron chi connectivity index (χ4n) is 2.52. The fourth-order valence-corrected chi connectivity index (χ4v) is 2.52. The zero-order valence-electron chi connectivity index (χ0n) is 11.8. The summed E-state index contributed by atoms with van der Waals surface area (Å²) in [6, 6.07) is 2.36. The Labute approximate surface area is 122 Å². The summed E-state index contributed by atoms with van der Waals surface area (Å²) in [6.45, 7) is -0.359. The van der Waals surface area contributed by atoms with E-state index in [4.69, 9.17) is 10.5 Å². The molecule has 0 atom stereocenters. The van der Waals surface area contributed by atoms with Gasteiger partial charge in [0.25, 0.3) is 5.91 Å². The lowest BCUT2D eigenvalue weighted by molar-refractivity contribution is -0.124. The molecule has 1 amide bonds. The van der Waals surface area contributed by atoms with Crippen molar-refractivity contribution in [2.24, 2.45) is 5.73 Å². The highest BCUT2D eigenvalue weighted by Gasteiger charge is 2.18. The Morgan fingerprint density at radius 2 is 1.86 bits per heavy atom. The van der Waals surface area contributed by atoms with Crippen LogP contribution in [0.3, 0.4) is 0 Å². The lowest BCUT2D eigenvalue weighted by Gasteiger charge is -2.22. The van der Waals surface area contributed by atoms with Gasteiger partial charge in [0.05, 0.1) is 0 Å². The number of nitrogens with two attached hydrogens (primary N) is 1. The minimum atomic E-state index is -0.846. The van der Waals surface area contributed by atoms with Gasteiger partial charge in [-0.2, -0.15) is 0 Å². The average molecular weight is 298 g/mol. The summed E-state index contributed by atoms with van der Waals surface area (Å²) < 4.78 is 32.3. The Balaban J connectivity index is 1.88. The van der Waals surface area contributed by atoms with Crippen LogP contribution < -0.4 is 15.8 Å². The molecule has 3 N–H and O–H groups in total. The van der Waals surface area contributed by atoms with Crippen LogP contribution >= 0.6 is 0 Å². The van der Waals surface area contributed by atoms with Gasteiger partial charge >= 0.3 is 0 Å². The number of benzene rings is 1. The van der Waals surface area contributed by atoms with Crippen LogP contribution in [-0.4, -0.2) is 18.6 Å². The largest absolute Gasteiger partial charge is 0.478 e. The van der Waals surface area contributed by atoms with Crippen molar-refractivity contribution in [2.75, 3.05) is 6.61 Å². The molecule has 1 fully saturated rings. The van der Waals surface area contributed by atoms with E-state index in [-0.39, 0.29) is 18.5 Å². The highest BCUT2D eigenvalue weighted by molar-refractivity contribution is 5.77. The van der Waals surface area contributed by atoms with Crippen molar-refractivity contribution in [3.8, 4) is 5.75 Å². The first-order valence-electron chi connectivity index (χ1n) is 7.20. The normalized spacial score (nSPS) is 15.8. The molecule has 1 aliphatic rings. The average Bonchev–Trinajstić information content (AvgIpc) is 2.47. The van der Waals surface area contributed by atoms with Gasteiger partial charge in [-0.05, 0) is 30.5 Å². The van der Waals surface area contributed by atoms with Gasteiger partial charge in [0.1, 0.15) is 0 Å². The van der Waals surface area contributed by atoms with Crippen LogP contribution in [0.1, 0.15) is 37.7 Å². The Morgan fingerprint density at radius 3 is 2.43 bits per heavy atom. The standard InChI is InChI=1S/C15H20F2N2O2/c16-12-6-10(8-18)7-13(17)15(12)21-9-14(20)19-11-4-2-1-3-5-11/h6-7,11H,1-5,8-9,18H2,(H,19,20). The zero-order chi connectivity index (χ0) is 15.2. The molecule has 0 aromatic heterocycles. The second kappa shape index (κ2) is 7.36. The van der Waals surface area contributed by atoms with Crippen molar-refractivity contribution in [1.82, 2.24) is 5.32 Å². The van der Waals surface area contributed by atoms with Gasteiger partial charge in [-0.25, -0.2) is 8.78 Å². The summed E-state index contributed by atoms with van der Waals surface area (Å²) in [4.78, 5) is 11.7. The van der Waals surface area contributed by atoms with E-state index in [1.165, 1.54) is 6.42 Å². The number of nitrogens with one attached hydrogen (secondary N) is 1. The van der Waals surface area contributed by atoms with E-state index in [1.807, 2.05) is 0 Å². The Hall–Kier alpha value is -1.69. The van der Waals surface area contributed by atoms with E-state index in [9.17, 15) is 13.6 Å². The van der Waals surface area contributed by atoms with Crippen molar-refractivity contribution in [3.63, 3.8) is 0 Å².